The van der Waals surface area contributed by atoms with E-state index in [4.69, 9.17) is 15.6 Å². The van der Waals surface area contributed by atoms with Crippen molar-refractivity contribution in [1.29, 1.82) is 0 Å². The number of carbonyl (C=O) groups is 1. The van der Waals surface area contributed by atoms with Crippen LogP contribution in [-0.2, 0) is 4.74 Å². The van der Waals surface area contributed by atoms with Crippen LogP contribution in [0.15, 0.2) is 79.1 Å². The van der Waals surface area contributed by atoms with Crippen molar-refractivity contribution in [3.8, 4) is 16.8 Å². The summed E-state index contributed by atoms with van der Waals surface area (Å²) in [5, 5.41) is 8.04. The number of nitrogens with zero attached hydrogens (tertiary/aromatic N) is 4. The lowest BCUT2D eigenvalue weighted by atomic mass is 9.86. The SMILES string of the molecule is CC(C)(C)OC(=O)N1CCC(C(N)c2nn(-c3ccc(F)cc3)c3c2cc(-c2ccccc2)c2cnccc23)CC1. The molecule has 2 N–H and O–H groups in total. The van der Waals surface area contributed by atoms with Crippen molar-refractivity contribution >= 4 is 27.8 Å². The Morgan fingerprint density at radius 2 is 1.71 bits per heavy atom. The summed E-state index contributed by atoms with van der Waals surface area (Å²) in [6, 6.07) is 20.4. The highest BCUT2D eigenvalue weighted by molar-refractivity contribution is 6.13. The molecule has 1 amide bonds. The van der Waals surface area contributed by atoms with Crippen molar-refractivity contribution in [2.45, 2.75) is 45.3 Å². The summed E-state index contributed by atoms with van der Waals surface area (Å²) >= 11 is 0. The molecule has 0 bridgehead atoms. The molecule has 1 saturated heterocycles. The lowest BCUT2D eigenvalue weighted by Crippen LogP contribution is -2.43. The van der Waals surface area contributed by atoms with E-state index >= 15 is 0 Å². The molecular formula is C33H34FN5O2. The number of fused-ring (bicyclic) bond motifs is 3. The van der Waals surface area contributed by atoms with E-state index in [0.717, 1.165) is 57.0 Å². The summed E-state index contributed by atoms with van der Waals surface area (Å²) in [5.41, 5.74) is 11.1. The Kier molecular flexibility index (Phi) is 6.95. The quantitative estimate of drug-likeness (QED) is 0.259. The molecule has 0 saturated carbocycles. The molecule has 41 heavy (non-hydrogen) atoms. The van der Waals surface area contributed by atoms with Crippen molar-refractivity contribution in [3.63, 3.8) is 0 Å². The number of halogens is 1. The number of hydrogen-bond donors (Lipinski definition) is 1. The Balaban J connectivity index is 1.45. The minimum atomic E-state index is -0.537. The third-order valence-electron chi connectivity index (χ3n) is 7.78. The highest BCUT2D eigenvalue weighted by Crippen LogP contribution is 2.40. The lowest BCUT2D eigenvalue weighted by molar-refractivity contribution is 0.0174. The molecule has 7 nitrogen and oxygen atoms in total. The van der Waals surface area contributed by atoms with E-state index in [0.29, 0.717) is 13.1 Å². The zero-order chi connectivity index (χ0) is 28.7. The number of benzene rings is 3. The fourth-order valence-electron chi connectivity index (χ4n) is 5.75. The number of rotatable bonds is 4. The average molecular weight is 552 g/mol. The number of nitrogens with two attached hydrogens (primary N) is 1. The molecule has 8 heteroatoms. The average Bonchev–Trinajstić information content (AvgIpc) is 3.36. The minimum absolute atomic E-state index is 0.127. The second kappa shape index (κ2) is 10.6. The van der Waals surface area contributed by atoms with Gasteiger partial charge in [-0.15, -0.1) is 0 Å². The predicted molar refractivity (Wildman–Crippen MR) is 159 cm³/mol. The molecule has 0 spiro atoms. The summed E-state index contributed by atoms with van der Waals surface area (Å²) in [4.78, 5) is 18.8. The zero-order valence-electron chi connectivity index (χ0n) is 23.5. The molecule has 1 aliphatic rings. The van der Waals surface area contributed by atoms with E-state index in [1.54, 1.807) is 23.2 Å². The van der Waals surface area contributed by atoms with Crippen LogP contribution in [0, 0.1) is 11.7 Å². The van der Waals surface area contributed by atoms with Crippen LogP contribution in [0.3, 0.4) is 0 Å². The number of aromatic nitrogens is 3. The maximum atomic E-state index is 13.9. The van der Waals surface area contributed by atoms with Crippen LogP contribution in [0.25, 0.3) is 38.5 Å². The van der Waals surface area contributed by atoms with Crippen molar-refractivity contribution in [3.05, 3.63) is 90.6 Å². The summed E-state index contributed by atoms with van der Waals surface area (Å²) in [5.74, 6) is -0.180. The normalized spacial score (nSPS) is 15.4. The van der Waals surface area contributed by atoms with Crippen LogP contribution in [0.5, 0.6) is 0 Å². The predicted octanol–water partition coefficient (Wildman–Crippen LogP) is 7.03. The van der Waals surface area contributed by atoms with Crippen molar-refractivity contribution in [2.24, 2.45) is 11.7 Å². The van der Waals surface area contributed by atoms with E-state index in [2.05, 4.69) is 23.2 Å². The van der Waals surface area contributed by atoms with E-state index in [9.17, 15) is 9.18 Å². The van der Waals surface area contributed by atoms with Gasteiger partial charge in [-0.2, -0.15) is 5.10 Å². The molecule has 1 fully saturated rings. The second-order valence-corrected chi connectivity index (χ2v) is 11.7. The molecule has 3 aromatic carbocycles. The molecular weight excluding hydrogens is 517 g/mol. The van der Waals surface area contributed by atoms with Gasteiger partial charge in [-0.05, 0) is 87.1 Å². The minimum Gasteiger partial charge on any atom is -0.444 e. The third-order valence-corrected chi connectivity index (χ3v) is 7.78. The Morgan fingerprint density at radius 1 is 1.00 bits per heavy atom. The number of ether oxygens (including phenoxy) is 1. The number of amides is 1. The summed E-state index contributed by atoms with van der Waals surface area (Å²) in [7, 11) is 0. The van der Waals surface area contributed by atoms with E-state index < -0.39 is 5.60 Å². The third kappa shape index (κ3) is 5.27. The molecule has 0 aliphatic carbocycles. The standard InChI is InChI=1S/C33H34FN5O2/c1-33(2,3)41-32(40)38-17-14-22(15-18-38)29(35)30-27-19-26(21-7-5-4-6-8-21)28-20-36-16-13-25(28)31(27)39(37-30)24-11-9-23(34)10-12-24/h4-13,16,19-20,22,29H,14-15,17-18,35H2,1-3H3. The summed E-state index contributed by atoms with van der Waals surface area (Å²) in [6.07, 6.45) is 4.86. The fourth-order valence-corrected chi connectivity index (χ4v) is 5.75. The molecule has 6 rings (SSSR count). The van der Waals surface area contributed by atoms with Gasteiger partial charge in [0.25, 0.3) is 0 Å². The van der Waals surface area contributed by atoms with Gasteiger partial charge in [0.2, 0.25) is 0 Å². The summed E-state index contributed by atoms with van der Waals surface area (Å²) < 4.78 is 21.3. The lowest BCUT2D eigenvalue weighted by Gasteiger charge is -2.35. The number of likely N-dealkylation sites (tertiary alicyclic amines) is 1. The number of carbonyl (C=O) groups excluding carboxylic acids is 1. The first-order valence-corrected chi connectivity index (χ1v) is 14.0. The van der Waals surface area contributed by atoms with Crippen LogP contribution < -0.4 is 5.73 Å². The fraction of sp³-hybridized carbons (Fsp3) is 0.303. The van der Waals surface area contributed by atoms with Gasteiger partial charge >= 0.3 is 6.09 Å². The van der Waals surface area contributed by atoms with Gasteiger partial charge in [0.05, 0.1) is 22.9 Å². The Bertz CT molecular complexity index is 1700. The Hall–Kier alpha value is -4.30. The first-order chi connectivity index (χ1) is 19.7. The van der Waals surface area contributed by atoms with Crippen LogP contribution in [-0.4, -0.2) is 44.4 Å². The van der Waals surface area contributed by atoms with E-state index in [-0.39, 0.29) is 23.9 Å². The highest BCUT2D eigenvalue weighted by Gasteiger charge is 2.32. The smallest absolute Gasteiger partial charge is 0.410 e. The molecule has 210 valence electrons. The first kappa shape index (κ1) is 26.9. The maximum Gasteiger partial charge on any atom is 0.410 e. The van der Waals surface area contributed by atoms with Gasteiger partial charge in [0.15, 0.2) is 0 Å². The molecule has 0 radical (unpaired) electrons. The van der Waals surface area contributed by atoms with Crippen LogP contribution in [0.1, 0.15) is 45.3 Å². The van der Waals surface area contributed by atoms with Crippen molar-refractivity contribution < 1.29 is 13.9 Å². The van der Waals surface area contributed by atoms with Gasteiger partial charge in [0.1, 0.15) is 11.4 Å². The topological polar surface area (TPSA) is 86.3 Å². The molecule has 5 aromatic rings. The molecule has 1 atom stereocenters. The van der Waals surface area contributed by atoms with E-state index in [1.165, 1.54) is 12.1 Å². The van der Waals surface area contributed by atoms with Crippen molar-refractivity contribution in [1.82, 2.24) is 19.7 Å². The second-order valence-electron chi connectivity index (χ2n) is 11.7. The maximum absolute atomic E-state index is 13.9. The van der Waals surface area contributed by atoms with Gasteiger partial charge < -0.3 is 15.4 Å². The van der Waals surface area contributed by atoms with Crippen LogP contribution in [0.2, 0.25) is 0 Å². The monoisotopic (exact) mass is 551 g/mol. The first-order valence-electron chi connectivity index (χ1n) is 14.0. The van der Waals surface area contributed by atoms with Crippen LogP contribution in [0.4, 0.5) is 9.18 Å². The highest BCUT2D eigenvalue weighted by atomic mass is 19.1. The Labute approximate surface area is 238 Å². The van der Waals surface area contributed by atoms with E-state index in [1.807, 2.05) is 55.9 Å². The zero-order valence-corrected chi connectivity index (χ0v) is 23.5. The summed E-state index contributed by atoms with van der Waals surface area (Å²) in [6.45, 7) is 6.78. The number of hydrogen-bond acceptors (Lipinski definition) is 5. The number of piperidine rings is 1. The molecule has 3 heterocycles. The number of pyridine rings is 1. The van der Waals surface area contributed by atoms with Gasteiger partial charge in [-0.1, -0.05) is 30.3 Å². The van der Waals surface area contributed by atoms with Gasteiger partial charge in [0, 0.05) is 41.6 Å². The van der Waals surface area contributed by atoms with Crippen molar-refractivity contribution in [2.75, 3.05) is 13.1 Å². The van der Waals surface area contributed by atoms with Gasteiger partial charge in [-0.3, -0.25) is 4.98 Å². The molecule has 2 aromatic heterocycles. The van der Waals surface area contributed by atoms with Crippen LogP contribution >= 0.6 is 0 Å². The Morgan fingerprint density at radius 3 is 2.39 bits per heavy atom. The molecule has 1 unspecified atom stereocenters. The largest absolute Gasteiger partial charge is 0.444 e. The molecule has 1 aliphatic heterocycles. The van der Waals surface area contributed by atoms with Gasteiger partial charge in [-0.25, -0.2) is 13.9 Å².